The van der Waals surface area contributed by atoms with Crippen LogP contribution in [-0.2, 0) is 4.74 Å². The standard InChI is InChI=1S/C16H26O2/c17-15(14-12-4-1-2-5-13(12)14)11-6-9-18-16(10-11)7-3-8-16/h11-15,17H,1-10H2. The van der Waals surface area contributed by atoms with Gasteiger partial charge < -0.3 is 9.84 Å². The van der Waals surface area contributed by atoms with E-state index in [1.54, 1.807) is 0 Å². The fourth-order valence-corrected chi connectivity index (χ4v) is 5.15. The summed E-state index contributed by atoms with van der Waals surface area (Å²) in [4.78, 5) is 0. The molecule has 0 aromatic heterocycles. The smallest absolute Gasteiger partial charge is 0.0686 e. The molecule has 1 saturated heterocycles. The Kier molecular flexibility index (Phi) is 2.74. The van der Waals surface area contributed by atoms with Crippen molar-refractivity contribution in [2.45, 2.75) is 69.5 Å². The van der Waals surface area contributed by atoms with E-state index in [2.05, 4.69) is 0 Å². The minimum absolute atomic E-state index is 0.0144. The molecule has 4 unspecified atom stereocenters. The van der Waals surface area contributed by atoms with E-state index < -0.39 is 0 Å². The summed E-state index contributed by atoms with van der Waals surface area (Å²) in [5.41, 5.74) is 0.198. The van der Waals surface area contributed by atoms with Gasteiger partial charge in [0.15, 0.2) is 0 Å². The molecule has 2 nitrogen and oxygen atoms in total. The maximum atomic E-state index is 10.7. The molecular weight excluding hydrogens is 224 g/mol. The lowest BCUT2D eigenvalue weighted by Crippen LogP contribution is -2.48. The van der Waals surface area contributed by atoms with E-state index in [0.717, 1.165) is 31.3 Å². The van der Waals surface area contributed by atoms with Crippen LogP contribution in [0.1, 0.15) is 57.8 Å². The number of hydrogen-bond acceptors (Lipinski definition) is 2. The quantitative estimate of drug-likeness (QED) is 0.816. The fourth-order valence-electron chi connectivity index (χ4n) is 5.15. The van der Waals surface area contributed by atoms with Gasteiger partial charge in [0.05, 0.1) is 11.7 Å². The minimum atomic E-state index is -0.0144. The van der Waals surface area contributed by atoms with E-state index in [1.807, 2.05) is 0 Å². The topological polar surface area (TPSA) is 29.5 Å². The summed E-state index contributed by atoms with van der Waals surface area (Å²) in [6.45, 7) is 0.893. The molecule has 4 aliphatic rings. The molecule has 3 aliphatic carbocycles. The van der Waals surface area contributed by atoms with Crippen LogP contribution in [0.5, 0.6) is 0 Å². The first kappa shape index (κ1) is 11.7. The Balaban J connectivity index is 1.40. The fraction of sp³-hybridized carbons (Fsp3) is 1.00. The van der Waals surface area contributed by atoms with Gasteiger partial charge in [-0.3, -0.25) is 0 Å². The molecule has 0 bridgehead atoms. The number of hydrogen-bond donors (Lipinski definition) is 1. The number of fused-ring (bicyclic) bond motifs is 1. The molecule has 0 amide bonds. The highest BCUT2D eigenvalue weighted by Crippen LogP contribution is 2.59. The van der Waals surface area contributed by atoms with Crippen LogP contribution in [-0.4, -0.2) is 23.4 Å². The number of ether oxygens (including phenoxy) is 1. The Bertz CT molecular complexity index is 311. The molecule has 0 radical (unpaired) electrons. The van der Waals surface area contributed by atoms with Crippen LogP contribution in [0.3, 0.4) is 0 Å². The summed E-state index contributed by atoms with van der Waals surface area (Å²) >= 11 is 0. The van der Waals surface area contributed by atoms with Gasteiger partial charge in [-0.15, -0.1) is 0 Å². The molecule has 3 saturated carbocycles. The molecule has 4 atom stereocenters. The molecule has 4 fully saturated rings. The van der Waals surface area contributed by atoms with Gasteiger partial charge in [-0.2, -0.15) is 0 Å². The first-order valence-electron chi connectivity index (χ1n) is 8.11. The second-order valence-corrected chi connectivity index (χ2v) is 7.32. The molecule has 2 heteroatoms. The van der Waals surface area contributed by atoms with Gasteiger partial charge in [0.1, 0.15) is 0 Å². The van der Waals surface area contributed by atoms with E-state index in [1.165, 1.54) is 44.9 Å². The Labute approximate surface area is 110 Å². The van der Waals surface area contributed by atoms with Gasteiger partial charge in [-0.25, -0.2) is 0 Å². The predicted molar refractivity (Wildman–Crippen MR) is 70.2 cm³/mol. The normalized spacial score (nSPS) is 47.2. The lowest BCUT2D eigenvalue weighted by molar-refractivity contribution is -0.159. The van der Waals surface area contributed by atoms with Crippen LogP contribution < -0.4 is 0 Å². The average molecular weight is 250 g/mol. The van der Waals surface area contributed by atoms with E-state index in [0.29, 0.717) is 11.8 Å². The molecule has 0 aromatic rings. The largest absolute Gasteiger partial charge is 0.393 e. The molecule has 102 valence electrons. The van der Waals surface area contributed by atoms with Gasteiger partial charge in [-0.1, -0.05) is 12.8 Å². The molecule has 18 heavy (non-hydrogen) atoms. The molecule has 1 spiro atoms. The Morgan fingerprint density at radius 3 is 2.33 bits per heavy atom. The van der Waals surface area contributed by atoms with Crippen molar-refractivity contribution in [2.75, 3.05) is 6.61 Å². The molecular formula is C16H26O2. The van der Waals surface area contributed by atoms with Crippen molar-refractivity contribution < 1.29 is 9.84 Å². The van der Waals surface area contributed by atoms with Crippen LogP contribution in [0.4, 0.5) is 0 Å². The summed E-state index contributed by atoms with van der Waals surface area (Å²) in [6, 6.07) is 0. The zero-order chi connectivity index (χ0) is 12.2. The first-order valence-corrected chi connectivity index (χ1v) is 8.11. The van der Waals surface area contributed by atoms with E-state index in [4.69, 9.17) is 4.74 Å². The van der Waals surface area contributed by atoms with Crippen molar-refractivity contribution >= 4 is 0 Å². The molecule has 4 rings (SSSR count). The maximum Gasteiger partial charge on any atom is 0.0686 e. The third kappa shape index (κ3) is 1.76. The van der Waals surface area contributed by atoms with Crippen LogP contribution in [0.15, 0.2) is 0 Å². The molecule has 1 aliphatic heterocycles. The first-order chi connectivity index (χ1) is 8.79. The maximum absolute atomic E-state index is 10.7. The third-order valence-corrected chi connectivity index (χ3v) is 6.40. The lowest BCUT2D eigenvalue weighted by Gasteiger charge is -2.48. The number of rotatable bonds is 2. The van der Waals surface area contributed by atoms with Crippen LogP contribution in [0.25, 0.3) is 0 Å². The highest BCUT2D eigenvalue weighted by molar-refractivity contribution is 5.05. The summed E-state index contributed by atoms with van der Waals surface area (Å²) < 4.78 is 5.99. The van der Waals surface area contributed by atoms with E-state index >= 15 is 0 Å². The zero-order valence-corrected chi connectivity index (χ0v) is 11.3. The van der Waals surface area contributed by atoms with Crippen LogP contribution in [0, 0.1) is 23.7 Å². The van der Waals surface area contributed by atoms with Crippen molar-refractivity contribution in [1.29, 1.82) is 0 Å². The summed E-state index contributed by atoms with van der Waals surface area (Å²) in [5, 5.41) is 10.7. The zero-order valence-electron chi connectivity index (χ0n) is 11.3. The summed E-state index contributed by atoms with van der Waals surface area (Å²) in [5.74, 6) is 2.96. The Morgan fingerprint density at radius 2 is 1.72 bits per heavy atom. The minimum Gasteiger partial charge on any atom is -0.393 e. The summed E-state index contributed by atoms with van der Waals surface area (Å²) in [7, 11) is 0. The monoisotopic (exact) mass is 250 g/mol. The van der Waals surface area contributed by atoms with Gasteiger partial charge in [-0.05, 0) is 68.6 Å². The highest BCUT2D eigenvalue weighted by Gasteiger charge is 2.56. The molecule has 0 aromatic carbocycles. The average Bonchev–Trinajstić information content (AvgIpc) is 3.10. The van der Waals surface area contributed by atoms with Crippen molar-refractivity contribution in [2.24, 2.45) is 23.7 Å². The van der Waals surface area contributed by atoms with Gasteiger partial charge >= 0.3 is 0 Å². The van der Waals surface area contributed by atoms with Gasteiger partial charge in [0.2, 0.25) is 0 Å². The third-order valence-electron chi connectivity index (χ3n) is 6.40. The van der Waals surface area contributed by atoms with Crippen molar-refractivity contribution in [3.05, 3.63) is 0 Å². The van der Waals surface area contributed by atoms with Crippen LogP contribution in [0.2, 0.25) is 0 Å². The van der Waals surface area contributed by atoms with Crippen molar-refractivity contribution in [3.63, 3.8) is 0 Å². The van der Waals surface area contributed by atoms with Gasteiger partial charge in [0, 0.05) is 6.61 Å². The number of aliphatic hydroxyl groups excluding tert-OH is 1. The summed E-state index contributed by atoms with van der Waals surface area (Å²) in [6.07, 6.45) is 11.6. The van der Waals surface area contributed by atoms with E-state index in [-0.39, 0.29) is 11.7 Å². The number of aliphatic hydroxyl groups is 1. The second kappa shape index (κ2) is 4.21. The van der Waals surface area contributed by atoms with E-state index in [9.17, 15) is 5.11 Å². The van der Waals surface area contributed by atoms with Crippen molar-refractivity contribution in [1.82, 2.24) is 0 Å². The highest BCUT2D eigenvalue weighted by atomic mass is 16.5. The predicted octanol–water partition coefficient (Wildman–Crippen LogP) is 3.13. The van der Waals surface area contributed by atoms with Crippen molar-refractivity contribution in [3.8, 4) is 0 Å². The SMILES string of the molecule is OC(C1CCOC2(CCC2)C1)C1C2CCCCC21. The lowest BCUT2D eigenvalue weighted by atomic mass is 9.70. The second-order valence-electron chi connectivity index (χ2n) is 7.32. The Morgan fingerprint density at radius 1 is 1.00 bits per heavy atom. The molecule has 1 heterocycles. The van der Waals surface area contributed by atoms with Gasteiger partial charge in [0.25, 0.3) is 0 Å². The van der Waals surface area contributed by atoms with Crippen LogP contribution >= 0.6 is 0 Å². The molecule has 1 N–H and O–H groups in total. The Hall–Kier alpha value is -0.0800.